The number of hydrogen-bond donors (Lipinski definition) is 2. The van der Waals surface area contributed by atoms with Crippen molar-refractivity contribution in [2.75, 3.05) is 36.6 Å². The fourth-order valence-corrected chi connectivity index (χ4v) is 5.40. The Morgan fingerprint density at radius 2 is 1.69 bits per heavy atom. The lowest BCUT2D eigenvalue weighted by Crippen LogP contribution is -2.42. The normalized spacial score (nSPS) is 13.6. The Labute approximate surface area is 283 Å². The maximum atomic E-state index is 13.6. The first-order chi connectivity index (χ1) is 23.5. The topological polar surface area (TPSA) is 101 Å². The van der Waals surface area contributed by atoms with Gasteiger partial charge in [-0.05, 0) is 102 Å². The first-order valence-electron chi connectivity index (χ1n) is 16.1. The van der Waals surface area contributed by atoms with Crippen LogP contribution in [0.5, 0.6) is 5.75 Å². The summed E-state index contributed by atoms with van der Waals surface area (Å²) in [6.07, 6.45) is -0.980. The van der Waals surface area contributed by atoms with Crippen LogP contribution in [0.25, 0.3) is 17.2 Å². The standard InChI is InChI=1S/C38H38F3N3O5/c1-3-4-19-48-20-21-49-32-12-7-26(8-13-32)28-9-14-34-30(23-28)24-29(16-18-44(34)37(47)38(39,40)41)36(46)43-31-10-5-27(6-11-31)35(45)33-22-25(2)15-17-42-33/h5-15,17,22-24,35,45H,3-4,16,18-21H2,1-2H3,(H,43,46). The van der Waals surface area contributed by atoms with Gasteiger partial charge in [-0.2, -0.15) is 13.2 Å². The number of aryl methyl sites for hydroxylation is 1. The molecular weight excluding hydrogens is 635 g/mol. The van der Waals surface area contributed by atoms with E-state index in [1.165, 1.54) is 12.1 Å². The van der Waals surface area contributed by atoms with Crippen LogP contribution in [0.4, 0.5) is 24.5 Å². The number of fused-ring (bicyclic) bond motifs is 1. The smallest absolute Gasteiger partial charge is 0.471 e. The molecule has 0 spiro atoms. The quantitative estimate of drug-likeness (QED) is 0.150. The number of rotatable bonds is 12. The van der Waals surface area contributed by atoms with Crippen molar-refractivity contribution in [1.82, 2.24) is 4.98 Å². The number of halogens is 3. The number of amides is 2. The van der Waals surface area contributed by atoms with E-state index in [2.05, 4.69) is 17.2 Å². The molecule has 1 atom stereocenters. The van der Waals surface area contributed by atoms with E-state index in [-0.39, 0.29) is 24.2 Å². The van der Waals surface area contributed by atoms with Crippen LogP contribution in [0.3, 0.4) is 0 Å². The average Bonchev–Trinajstić information content (AvgIpc) is 3.29. The summed E-state index contributed by atoms with van der Waals surface area (Å²) in [5, 5.41) is 13.5. The van der Waals surface area contributed by atoms with Gasteiger partial charge >= 0.3 is 12.1 Å². The minimum absolute atomic E-state index is 0.0556. The third kappa shape index (κ3) is 9.13. The number of nitrogens with one attached hydrogen (secondary N) is 1. The molecule has 0 saturated heterocycles. The Hall–Kier alpha value is -5.00. The Bertz CT molecular complexity index is 1790. The number of anilines is 2. The fourth-order valence-electron chi connectivity index (χ4n) is 5.40. The van der Waals surface area contributed by atoms with Gasteiger partial charge in [0.1, 0.15) is 18.5 Å². The predicted octanol–water partition coefficient (Wildman–Crippen LogP) is 7.66. The molecule has 256 valence electrons. The van der Waals surface area contributed by atoms with Crippen LogP contribution in [0.1, 0.15) is 54.7 Å². The third-order valence-electron chi connectivity index (χ3n) is 8.06. The molecule has 2 amide bonds. The monoisotopic (exact) mass is 673 g/mol. The van der Waals surface area contributed by atoms with Crippen LogP contribution in [0.2, 0.25) is 0 Å². The number of unbranched alkanes of at least 4 members (excludes halogenated alkanes) is 1. The molecule has 0 fully saturated rings. The van der Waals surface area contributed by atoms with Gasteiger partial charge in [0, 0.05) is 30.6 Å². The minimum Gasteiger partial charge on any atom is -0.491 e. The van der Waals surface area contributed by atoms with E-state index in [9.17, 15) is 27.9 Å². The molecule has 5 rings (SSSR count). The van der Waals surface area contributed by atoms with Crippen molar-refractivity contribution in [3.63, 3.8) is 0 Å². The van der Waals surface area contributed by atoms with E-state index in [4.69, 9.17) is 9.47 Å². The van der Waals surface area contributed by atoms with Crippen LogP contribution < -0.4 is 15.0 Å². The summed E-state index contributed by atoms with van der Waals surface area (Å²) in [5.74, 6) is -1.88. The highest BCUT2D eigenvalue weighted by Gasteiger charge is 2.44. The first-order valence-corrected chi connectivity index (χ1v) is 16.1. The number of hydrogen-bond acceptors (Lipinski definition) is 6. The second kappa shape index (κ2) is 15.9. The summed E-state index contributed by atoms with van der Waals surface area (Å²) < 4.78 is 52.2. The van der Waals surface area contributed by atoms with Crippen LogP contribution in [-0.2, 0) is 14.3 Å². The Morgan fingerprint density at radius 3 is 2.39 bits per heavy atom. The number of aliphatic hydroxyl groups excluding tert-OH is 1. The Morgan fingerprint density at radius 1 is 0.959 bits per heavy atom. The van der Waals surface area contributed by atoms with E-state index >= 15 is 0 Å². The maximum Gasteiger partial charge on any atom is 0.471 e. The van der Waals surface area contributed by atoms with Gasteiger partial charge < -0.3 is 24.8 Å². The number of ether oxygens (including phenoxy) is 2. The number of alkyl halides is 3. The maximum absolute atomic E-state index is 13.6. The molecule has 3 aromatic carbocycles. The van der Waals surface area contributed by atoms with Crippen molar-refractivity contribution in [3.05, 3.63) is 113 Å². The van der Waals surface area contributed by atoms with Gasteiger partial charge in [-0.15, -0.1) is 0 Å². The Balaban J connectivity index is 1.35. The van der Waals surface area contributed by atoms with Gasteiger partial charge in [0.2, 0.25) is 0 Å². The first kappa shape index (κ1) is 35.3. The number of benzene rings is 3. The third-order valence-corrected chi connectivity index (χ3v) is 8.06. The summed E-state index contributed by atoms with van der Waals surface area (Å²) in [7, 11) is 0. The molecular formula is C38H38F3N3O5. The van der Waals surface area contributed by atoms with Crippen molar-refractivity contribution < 1.29 is 37.3 Å². The zero-order valence-electron chi connectivity index (χ0n) is 27.3. The van der Waals surface area contributed by atoms with Gasteiger partial charge in [0.25, 0.3) is 5.91 Å². The summed E-state index contributed by atoms with van der Waals surface area (Å²) in [6, 6.07) is 22.2. The zero-order valence-corrected chi connectivity index (χ0v) is 27.3. The predicted molar refractivity (Wildman–Crippen MR) is 182 cm³/mol. The molecule has 0 saturated carbocycles. The average molecular weight is 674 g/mol. The molecule has 2 heterocycles. The van der Waals surface area contributed by atoms with Crippen molar-refractivity contribution in [3.8, 4) is 16.9 Å². The summed E-state index contributed by atoms with van der Waals surface area (Å²) in [6.45, 7) is 5.21. The summed E-state index contributed by atoms with van der Waals surface area (Å²) in [4.78, 5) is 30.8. The number of pyridine rings is 1. The highest BCUT2D eigenvalue weighted by atomic mass is 19.4. The second-order valence-corrected chi connectivity index (χ2v) is 11.7. The number of aromatic nitrogens is 1. The lowest BCUT2D eigenvalue weighted by atomic mass is 10.00. The van der Waals surface area contributed by atoms with Crippen LogP contribution in [-0.4, -0.2) is 54.4 Å². The number of carbonyl (C=O) groups is 2. The molecule has 11 heteroatoms. The van der Waals surface area contributed by atoms with Gasteiger partial charge in [0.05, 0.1) is 18.0 Å². The highest BCUT2D eigenvalue weighted by Crippen LogP contribution is 2.35. The van der Waals surface area contributed by atoms with Crippen molar-refractivity contribution in [2.24, 2.45) is 0 Å². The fraction of sp³-hybridized carbons (Fsp3) is 0.289. The van der Waals surface area contributed by atoms with E-state index in [1.54, 1.807) is 60.8 Å². The van der Waals surface area contributed by atoms with Crippen LogP contribution in [0, 0.1) is 6.92 Å². The van der Waals surface area contributed by atoms with Gasteiger partial charge in [-0.25, -0.2) is 0 Å². The number of aliphatic hydroxyl groups is 1. The van der Waals surface area contributed by atoms with Gasteiger partial charge in [-0.1, -0.05) is 43.7 Å². The molecule has 1 aromatic heterocycles. The lowest BCUT2D eigenvalue weighted by molar-refractivity contribution is -0.170. The summed E-state index contributed by atoms with van der Waals surface area (Å²) in [5.41, 5.74) is 4.46. The lowest BCUT2D eigenvalue weighted by Gasteiger charge is -2.24. The van der Waals surface area contributed by atoms with E-state index in [0.717, 1.165) is 24.0 Å². The molecule has 0 aliphatic carbocycles. The SMILES string of the molecule is CCCCOCCOc1ccc(-c2ccc3c(c2)C=C(C(=O)Nc2ccc(C(O)c4cc(C)ccn4)cc2)CCN3C(=O)C(F)(F)F)cc1. The van der Waals surface area contributed by atoms with E-state index in [0.29, 0.717) is 58.5 Å². The second-order valence-electron chi connectivity index (χ2n) is 11.7. The van der Waals surface area contributed by atoms with Crippen LogP contribution in [0.15, 0.2) is 90.6 Å². The number of nitrogens with zero attached hydrogens (tertiary/aromatic N) is 2. The Kier molecular flexibility index (Phi) is 11.5. The molecule has 4 aromatic rings. The van der Waals surface area contributed by atoms with Gasteiger partial charge in [-0.3, -0.25) is 14.6 Å². The van der Waals surface area contributed by atoms with Crippen molar-refractivity contribution in [2.45, 2.75) is 45.4 Å². The molecule has 1 unspecified atom stereocenters. The molecule has 1 aliphatic rings. The molecule has 2 N–H and O–H groups in total. The van der Waals surface area contributed by atoms with Crippen LogP contribution >= 0.6 is 0 Å². The largest absolute Gasteiger partial charge is 0.491 e. The van der Waals surface area contributed by atoms with Crippen molar-refractivity contribution in [1.29, 1.82) is 0 Å². The molecule has 8 nitrogen and oxygen atoms in total. The van der Waals surface area contributed by atoms with Gasteiger partial charge in [0.15, 0.2) is 0 Å². The zero-order chi connectivity index (χ0) is 35.0. The minimum atomic E-state index is -5.10. The van der Waals surface area contributed by atoms with E-state index in [1.807, 2.05) is 25.1 Å². The number of carbonyl (C=O) groups excluding carboxylic acids is 2. The van der Waals surface area contributed by atoms with Crippen molar-refractivity contribution >= 4 is 29.3 Å². The molecule has 1 aliphatic heterocycles. The molecule has 0 bridgehead atoms. The van der Waals surface area contributed by atoms with E-state index < -0.39 is 24.1 Å². The summed E-state index contributed by atoms with van der Waals surface area (Å²) >= 11 is 0. The molecule has 0 radical (unpaired) electrons. The highest BCUT2D eigenvalue weighted by molar-refractivity contribution is 6.09. The molecule has 49 heavy (non-hydrogen) atoms.